The molecule has 1 aromatic rings. The lowest BCUT2D eigenvalue weighted by molar-refractivity contribution is -0.128. The average Bonchev–Trinajstić information content (AvgIpc) is 2.37. The van der Waals surface area contributed by atoms with E-state index in [1.54, 1.807) is 11.3 Å². The summed E-state index contributed by atoms with van der Waals surface area (Å²) in [6.45, 7) is 0.944. The molecule has 0 N–H and O–H groups in total. The predicted octanol–water partition coefficient (Wildman–Crippen LogP) is 2.23. The van der Waals surface area contributed by atoms with Crippen LogP contribution in [0.2, 0.25) is 0 Å². The van der Waals surface area contributed by atoms with Crippen LogP contribution in [0.1, 0.15) is 4.88 Å². The first-order valence-electron chi connectivity index (χ1n) is 3.12. The topological polar surface area (TPSA) is 26.3 Å². The summed E-state index contributed by atoms with van der Waals surface area (Å²) >= 11 is 5.01. The van der Waals surface area contributed by atoms with Crippen molar-refractivity contribution in [3.8, 4) is 0 Å². The van der Waals surface area contributed by atoms with Crippen molar-refractivity contribution >= 4 is 33.7 Å². The van der Waals surface area contributed by atoms with Crippen LogP contribution in [0.15, 0.2) is 15.9 Å². The molecule has 0 aromatic carbocycles. The van der Waals surface area contributed by atoms with Gasteiger partial charge in [-0.1, -0.05) is 0 Å². The van der Waals surface area contributed by atoms with E-state index in [4.69, 9.17) is 0 Å². The quantitative estimate of drug-likeness (QED) is 0.590. The highest BCUT2D eigenvalue weighted by atomic mass is 79.9. The SMILES string of the molecule is O=COCCc1ccc(Br)s1. The van der Waals surface area contributed by atoms with Gasteiger partial charge in [-0.05, 0) is 28.1 Å². The summed E-state index contributed by atoms with van der Waals surface area (Å²) in [5, 5.41) is 0. The van der Waals surface area contributed by atoms with Gasteiger partial charge in [-0.15, -0.1) is 11.3 Å². The molecule has 1 heterocycles. The maximum absolute atomic E-state index is 9.77. The summed E-state index contributed by atoms with van der Waals surface area (Å²) in [5.74, 6) is 0. The van der Waals surface area contributed by atoms with Gasteiger partial charge in [0.1, 0.15) is 0 Å². The predicted molar refractivity (Wildman–Crippen MR) is 47.7 cm³/mol. The van der Waals surface area contributed by atoms with Crippen LogP contribution in [0, 0.1) is 0 Å². The van der Waals surface area contributed by atoms with Crippen molar-refractivity contribution in [1.29, 1.82) is 0 Å². The second kappa shape index (κ2) is 4.51. The van der Waals surface area contributed by atoms with Crippen LogP contribution in [0.25, 0.3) is 0 Å². The van der Waals surface area contributed by atoms with Gasteiger partial charge < -0.3 is 4.74 Å². The van der Waals surface area contributed by atoms with Crippen LogP contribution in [0.3, 0.4) is 0 Å². The summed E-state index contributed by atoms with van der Waals surface area (Å²) in [4.78, 5) is 11.0. The molecule has 0 aliphatic rings. The molecular formula is C7H7BrO2S. The Kier molecular flexibility index (Phi) is 3.59. The zero-order valence-electron chi connectivity index (χ0n) is 5.75. The number of rotatable bonds is 4. The van der Waals surface area contributed by atoms with Gasteiger partial charge in [0.25, 0.3) is 6.47 Å². The van der Waals surface area contributed by atoms with Crippen LogP contribution in [-0.4, -0.2) is 13.1 Å². The Morgan fingerprint density at radius 1 is 1.64 bits per heavy atom. The van der Waals surface area contributed by atoms with Gasteiger partial charge in [0.2, 0.25) is 0 Å². The number of hydrogen-bond acceptors (Lipinski definition) is 3. The van der Waals surface area contributed by atoms with Crippen molar-refractivity contribution < 1.29 is 9.53 Å². The molecule has 0 radical (unpaired) electrons. The number of ether oxygens (including phenoxy) is 1. The van der Waals surface area contributed by atoms with E-state index in [9.17, 15) is 4.79 Å². The Labute approximate surface area is 77.3 Å². The van der Waals surface area contributed by atoms with Gasteiger partial charge in [0, 0.05) is 11.3 Å². The number of halogens is 1. The first-order valence-corrected chi connectivity index (χ1v) is 4.73. The summed E-state index contributed by atoms with van der Waals surface area (Å²) < 4.78 is 5.67. The molecule has 1 aromatic heterocycles. The van der Waals surface area contributed by atoms with Crippen molar-refractivity contribution in [1.82, 2.24) is 0 Å². The molecule has 4 heteroatoms. The molecular weight excluding hydrogens is 228 g/mol. The van der Waals surface area contributed by atoms with Crippen molar-refractivity contribution in [2.75, 3.05) is 6.61 Å². The molecule has 11 heavy (non-hydrogen) atoms. The van der Waals surface area contributed by atoms with Gasteiger partial charge >= 0.3 is 0 Å². The molecule has 0 amide bonds. The highest BCUT2D eigenvalue weighted by Crippen LogP contribution is 2.22. The molecule has 0 spiro atoms. The maximum Gasteiger partial charge on any atom is 0.293 e. The summed E-state index contributed by atoms with van der Waals surface area (Å²) in [7, 11) is 0. The van der Waals surface area contributed by atoms with Gasteiger partial charge in [-0.3, -0.25) is 4.79 Å². The van der Waals surface area contributed by atoms with Crippen molar-refractivity contribution in [3.05, 3.63) is 20.8 Å². The minimum absolute atomic E-state index is 0.469. The molecule has 0 saturated carbocycles. The Morgan fingerprint density at radius 2 is 2.45 bits per heavy atom. The van der Waals surface area contributed by atoms with Crippen LogP contribution in [0.4, 0.5) is 0 Å². The van der Waals surface area contributed by atoms with E-state index in [0.717, 1.165) is 10.2 Å². The Balaban J connectivity index is 2.32. The number of carbonyl (C=O) groups is 1. The standard InChI is InChI=1S/C7H7BrO2S/c8-7-2-1-6(11-7)3-4-10-5-9/h1-2,5H,3-4H2. The minimum Gasteiger partial charge on any atom is -0.468 e. The molecule has 0 aliphatic heterocycles. The number of thiophene rings is 1. The van der Waals surface area contributed by atoms with Gasteiger partial charge in [-0.25, -0.2) is 0 Å². The first kappa shape index (κ1) is 8.74. The summed E-state index contributed by atoms with van der Waals surface area (Å²) in [6.07, 6.45) is 0.801. The summed E-state index contributed by atoms with van der Waals surface area (Å²) in [6, 6.07) is 4.00. The fourth-order valence-electron chi connectivity index (χ4n) is 0.694. The van der Waals surface area contributed by atoms with E-state index in [-0.39, 0.29) is 0 Å². The molecule has 0 aliphatic carbocycles. The van der Waals surface area contributed by atoms with Crippen LogP contribution in [0.5, 0.6) is 0 Å². The average molecular weight is 235 g/mol. The highest BCUT2D eigenvalue weighted by molar-refractivity contribution is 9.11. The van der Waals surface area contributed by atoms with Crippen molar-refractivity contribution in [2.24, 2.45) is 0 Å². The molecule has 1 rings (SSSR count). The molecule has 0 atom stereocenters. The van der Waals surface area contributed by atoms with E-state index in [2.05, 4.69) is 20.7 Å². The lowest BCUT2D eigenvalue weighted by atomic mass is 10.4. The monoisotopic (exact) mass is 234 g/mol. The normalized spacial score (nSPS) is 9.55. The van der Waals surface area contributed by atoms with Crippen molar-refractivity contribution in [3.63, 3.8) is 0 Å². The van der Waals surface area contributed by atoms with Gasteiger partial charge in [-0.2, -0.15) is 0 Å². The second-order valence-electron chi connectivity index (χ2n) is 1.92. The minimum atomic E-state index is 0.469. The van der Waals surface area contributed by atoms with E-state index in [1.165, 1.54) is 4.88 Å². The lowest BCUT2D eigenvalue weighted by Gasteiger charge is -1.93. The van der Waals surface area contributed by atoms with E-state index in [1.807, 2.05) is 12.1 Å². The highest BCUT2D eigenvalue weighted by Gasteiger charge is 1.96. The van der Waals surface area contributed by atoms with E-state index in [0.29, 0.717) is 13.1 Å². The fraction of sp³-hybridized carbons (Fsp3) is 0.286. The third-order valence-corrected chi connectivity index (χ3v) is 2.85. The molecule has 0 bridgehead atoms. The third-order valence-electron chi connectivity index (χ3n) is 1.16. The van der Waals surface area contributed by atoms with Gasteiger partial charge in [0.15, 0.2) is 0 Å². The molecule has 60 valence electrons. The molecule has 0 saturated heterocycles. The lowest BCUT2D eigenvalue weighted by Crippen LogP contribution is -1.93. The molecule has 0 fully saturated rings. The fourth-order valence-corrected chi connectivity index (χ4v) is 2.16. The van der Waals surface area contributed by atoms with E-state index < -0.39 is 0 Å². The smallest absolute Gasteiger partial charge is 0.293 e. The Hall–Kier alpha value is -0.350. The Bertz CT molecular complexity index is 234. The first-order chi connectivity index (χ1) is 5.33. The van der Waals surface area contributed by atoms with Crippen LogP contribution in [-0.2, 0) is 16.0 Å². The third kappa shape index (κ3) is 3.03. The number of hydrogen-bond donors (Lipinski definition) is 0. The van der Waals surface area contributed by atoms with Crippen LogP contribution < -0.4 is 0 Å². The summed E-state index contributed by atoms with van der Waals surface area (Å²) in [5.41, 5.74) is 0. The zero-order chi connectivity index (χ0) is 8.10. The second-order valence-corrected chi connectivity index (χ2v) is 4.47. The van der Waals surface area contributed by atoms with Gasteiger partial charge in [0.05, 0.1) is 10.4 Å². The largest absolute Gasteiger partial charge is 0.468 e. The molecule has 2 nitrogen and oxygen atoms in total. The molecule has 0 unspecified atom stereocenters. The van der Waals surface area contributed by atoms with Crippen molar-refractivity contribution in [2.45, 2.75) is 6.42 Å². The van der Waals surface area contributed by atoms with Crippen LogP contribution >= 0.6 is 27.3 Å². The zero-order valence-corrected chi connectivity index (χ0v) is 8.15. The number of carbonyl (C=O) groups excluding carboxylic acids is 1. The Morgan fingerprint density at radius 3 is 3.00 bits per heavy atom. The van der Waals surface area contributed by atoms with E-state index >= 15 is 0 Å². The maximum atomic E-state index is 9.77.